The third-order valence-electron chi connectivity index (χ3n) is 4.15. The molecule has 1 N–H and O–H groups in total. The Morgan fingerprint density at radius 3 is 2.29 bits per heavy atom. The summed E-state index contributed by atoms with van der Waals surface area (Å²) in [6.07, 6.45) is 0.373. The molecule has 0 aliphatic carbocycles. The van der Waals surface area contributed by atoms with Crippen molar-refractivity contribution in [1.29, 1.82) is 0 Å². The van der Waals surface area contributed by atoms with Crippen LogP contribution >= 0.6 is 0 Å². The molecule has 0 saturated heterocycles. The van der Waals surface area contributed by atoms with E-state index in [1.54, 1.807) is 44.2 Å². The number of benzene rings is 2. The highest BCUT2D eigenvalue weighted by atomic mass is 16.5. The van der Waals surface area contributed by atoms with Gasteiger partial charge in [0.1, 0.15) is 5.75 Å². The van der Waals surface area contributed by atoms with Crippen LogP contribution in [0, 0.1) is 0 Å². The van der Waals surface area contributed by atoms with Crippen LogP contribution < -0.4 is 0 Å². The van der Waals surface area contributed by atoms with Gasteiger partial charge in [0.05, 0.1) is 19.6 Å². The zero-order valence-electron chi connectivity index (χ0n) is 16.1. The minimum absolute atomic E-state index is 0.00352. The Morgan fingerprint density at radius 1 is 0.893 bits per heavy atom. The van der Waals surface area contributed by atoms with Gasteiger partial charge >= 0.3 is 11.9 Å². The fourth-order valence-corrected chi connectivity index (χ4v) is 2.82. The van der Waals surface area contributed by atoms with Crippen molar-refractivity contribution in [1.82, 2.24) is 0 Å². The fourth-order valence-electron chi connectivity index (χ4n) is 2.82. The average molecular weight is 384 g/mol. The predicted octanol–water partition coefficient (Wildman–Crippen LogP) is 3.22. The van der Waals surface area contributed by atoms with Crippen LogP contribution in [0.3, 0.4) is 0 Å². The van der Waals surface area contributed by atoms with Gasteiger partial charge in [-0.25, -0.2) is 0 Å². The third kappa shape index (κ3) is 5.67. The van der Waals surface area contributed by atoms with E-state index in [1.165, 1.54) is 12.1 Å². The van der Waals surface area contributed by atoms with Gasteiger partial charge in [-0.3, -0.25) is 14.4 Å². The molecule has 0 radical (unpaired) electrons. The summed E-state index contributed by atoms with van der Waals surface area (Å²) in [5.41, 5.74) is 1.83. The molecule has 28 heavy (non-hydrogen) atoms. The molecule has 0 unspecified atom stereocenters. The number of aromatic hydroxyl groups is 1. The Bertz CT molecular complexity index is 856. The molecular formula is C22H24O6. The van der Waals surface area contributed by atoms with Gasteiger partial charge in [-0.1, -0.05) is 24.3 Å². The number of aryl methyl sites for hydroxylation is 1. The SMILES string of the molecule is CCOC(=O)CCc1cc(C(=O)c2ccccc2CC(=O)OCC)ccc1O. The maximum atomic E-state index is 13.0. The molecule has 0 bridgehead atoms. The molecular weight excluding hydrogens is 360 g/mol. The summed E-state index contributed by atoms with van der Waals surface area (Å²) in [6, 6.07) is 11.4. The molecule has 0 aromatic heterocycles. The zero-order valence-corrected chi connectivity index (χ0v) is 16.1. The number of carbonyl (C=O) groups excluding carboxylic acids is 3. The number of hydrogen-bond donors (Lipinski definition) is 1. The molecule has 148 valence electrons. The number of rotatable bonds is 9. The van der Waals surface area contributed by atoms with Crippen LogP contribution in [0.25, 0.3) is 0 Å². The van der Waals surface area contributed by atoms with Crippen LogP contribution in [0.4, 0.5) is 0 Å². The number of esters is 2. The molecule has 0 spiro atoms. The predicted molar refractivity (Wildman–Crippen MR) is 103 cm³/mol. The second-order valence-corrected chi connectivity index (χ2v) is 6.12. The van der Waals surface area contributed by atoms with E-state index in [2.05, 4.69) is 0 Å². The van der Waals surface area contributed by atoms with Crippen molar-refractivity contribution in [3.05, 3.63) is 64.7 Å². The molecule has 0 amide bonds. The molecule has 6 heteroatoms. The van der Waals surface area contributed by atoms with E-state index in [9.17, 15) is 19.5 Å². The van der Waals surface area contributed by atoms with Crippen LogP contribution in [0.1, 0.15) is 47.3 Å². The van der Waals surface area contributed by atoms with E-state index in [1.807, 2.05) is 0 Å². The van der Waals surface area contributed by atoms with Crippen molar-refractivity contribution in [3.63, 3.8) is 0 Å². The highest BCUT2D eigenvalue weighted by Gasteiger charge is 2.17. The minimum atomic E-state index is -0.399. The normalized spacial score (nSPS) is 10.4. The second-order valence-electron chi connectivity index (χ2n) is 6.12. The van der Waals surface area contributed by atoms with Gasteiger partial charge in [-0.2, -0.15) is 0 Å². The second kappa shape index (κ2) is 10.3. The summed E-state index contributed by atoms with van der Waals surface area (Å²) >= 11 is 0. The average Bonchev–Trinajstić information content (AvgIpc) is 2.67. The topological polar surface area (TPSA) is 89.9 Å². The molecule has 0 aliphatic heterocycles. The number of phenols is 1. The van der Waals surface area contributed by atoms with Crippen molar-refractivity contribution in [2.45, 2.75) is 33.1 Å². The Hall–Kier alpha value is -3.15. The first-order chi connectivity index (χ1) is 13.5. The summed E-state index contributed by atoms with van der Waals surface area (Å²) in [6.45, 7) is 4.02. The number of carbonyl (C=O) groups is 3. The zero-order chi connectivity index (χ0) is 20.5. The first-order valence-electron chi connectivity index (χ1n) is 9.22. The van der Waals surface area contributed by atoms with Gasteiger partial charge in [0, 0.05) is 17.5 Å². The summed E-state index contributed by atoms with van der Waals surface area (Å²) in [4.78, 5) is 36.4. The molecule has 0 heterocycles. The van der Waals surface area contributed by atoms with Gasteiger partial charge in [0.15, 0.2) is 5.78 Å². The van der Waals surface area contributed by atoms with E-state index in [4.69, 9.17) is 9.47 Å². The Labute approximate surface area is 164 Å². The maximum absolute atomic E-state index is 13.0. The quantitative estimate of drug-likeness (QED) is 0.527. The van der Waals surface area contributed by atoms with Crippen LogP contribution in [-0.2, 0) is 31.9 Å². The van der Waals surface area contributed by atoms with E-state index in [-0.39, 0.29) is 43.4 Å². The molecule has 0 aliphatic rings. The molecule has 2 aromatic rings. The molecule has 0 fully saturated rings. The Kier molecular flexibility index (Phi) is 7.75. The van der Waals surface area contributed by atoms with E-state index < -0.39 is 5.97 Å². The van der Waals surface area contributed by atoms with Crippen LogP contribution in [0.2, 0.25) is 0 Å². The number of phenolic OH excluding ortho intramolecular Hbond substituents is 1. The van der Waals surface area contributed by atoms with Crippen LogP contribution in [0.15, 0.2) is 42.5 Å². The van der Waals surface area contributed by atoms with Crippen molar-refractivity contribution in [2.24, 2.45) is 0 Å². The molecule has 2 rings (SSSR count). The first-order valence-corrected chi connectivity index (χ1v) is 9.22. The van der Waals surface area contributed by atoms with Crippen LogP contribution in [0.5, 0.6) is 5.75 Å². The van der Waals surface area contributed by atoms with E-state index in [0.29, 0.717) is 28.9 Å². The molecule has 0 atom stereocenters. The molecule has 0 saturated carbocycles. The van der Waals surface area contributed by atoms with Crippen molar-refractivity contribution < 1.29 is 29.0 Å². The molecule has 2 aromatic carbocycles. The lowest BCUT2D eigenvalue weighted by molar-refractivity contribution is -0.143. The summed E-state index contributed by atoms with van der Waals surface area (Å²) in [5.74, 6) is -1.01. The van der Waals surface area contributed by atoms with E-state index in [0.717, 1.165) is 0 Å². The van der Waals surface area contributed by atoms with Crippen molar-refractivity contribution in [3.8, 4) is 5.75 Å². The lowest BCUT2D eigenvalue weighted by Crippen LogP contribution is -2.12. The van der Waals surface area contributed by atoms with Gasteiger partial charge in [-0.15, -0.1) is 0 Å². The first kappa shape index (κ1) is 21.2. The Morgan fingerprint density at radius 2 is 1.57 bits per heavy atom. The fraction of sp³-hybridized carbons (Fsp3) is 0.318. The van der Waals surface area contributed by atoms with Gasteiger partial charge in [0.25, 0.3) is 0 Å². The number of hydrogen-bond acceptors (Lipinski definition) is 6. The standard InChI is InChI=1S/C22H24O6/c1-3-27-20(24)12-10-16-13-17(9-11-19(16)23)22(26)18-8-6-5-7-15(18)14-21(25)28-4-2/h5-9,11,13,23H,3-4,10,12,14H2,1-2H3. The maximum Gasteiger partial charge on any atom is 0.310 e. The Balaban J connectivity index is 2.24. The minimum Gasteiger partial charge on any atom is -0.508 e. The smallest absolute Gasteiger partial charge is 0.310 e. The summed E-state index contributed by atoms with van der Waals surface area (Å²) in [5, 5.41) is 10.0. The van der Waals surface area contributed by atoms with Crippen molar-refractivity contribution in [2.75, 3.05) is 13.2 Å². The monoisotopic (exact) mass is 384 g/mol. The lowest BCUT2D eigenvalue weighted by atomic mass is 9.94. The lowest BCUT2D eigenvalue weighted by Gasteiger charge is -2.10. The highest BCUT2D eigenvalue weighted by molar-refractivity contribution is 6.10. The van der Waals surface area contributed by atoms with Crippen LogP contribution in [-0.4, -0.2) is 36.0 Å². The summed E-state index contributed by atoms with van der Waals surface area (Å²) in [7, 11) is 0. The number of ketones is 1. The summed E-state index contributed by atoms with van der Waals surface area (Å²) < 4.78 is 9.86. The van der Waals surface area contributed by atoms with Gasteiger partial charge in [0.2, 0.25) is 0 Å². The van der Waals surface area contributed by atoms with Crippen molar-refractivity contribution >= 4 is 17.7 Å². The highest BCUT2D eigenvalue weighted by Crippen LogP contribution is 2.23. The molecule has 6 nitrogen and oxygen atoms in total. The number of ether oxygens (including phenoxy) is 2. The largest absolute Gasteiger partial charge is 0.508 e. The van der Waals surface area contributed by atoms with E-state index >= 15 is 0 Å². The van der Waals surface area contributed by atoms with Gasteiger partial charge in [-0.05, 0) is 49.6 Å². The van der Waals surface area contributed by atoms with Gasteiger partial charge < -0.3 is 14.6 Å². The third-order valence-corrected chi connectivity index (χ3v) is 4.15.